The molecule has 2 aromatic rings. The van der Waals surface area contributed by atoms with Crippen molar-refractivity contribution in [1.29, 1.82) is 0 Å². The van der Waals surface area contributed by atoms with E-state index < -0.39 is 58.7 Å². The normalized spacial score (nSPS) is 24.3. The maximum absolute atomic E-state index is 13.7. The van der Waals surface area contributed by atoms with E-state index in [9.17, 15) is 41.0 Å². The van der Waals surface area contributed by atoms with Crippen LogP contribution in [-0.4, -0.2) is 29.6 Å². The molecule has 2 amide bonds. The van der Waals surface area contributed by atoms with E-state index in [1.54, 1.807) is 12.1 Å². The molecule has 0 saturated carbocycles. The molecule has 4 atom stereocenters. The van der Waals surface area contributed by atoms with Crippen LogP contribution in [-0.2, 0) is 26.7 Å². The smallest absolute Gasteiger partial charge is 0.416 e. The molecule has 1 aliphatic carbocycles. The number of phenolic OH excluding ortho intramolecular Hbond substituents is 1. The minimum Gasteiger partial charge on any atom is -0.508 e. The van der Waals surface area contributed by atoms with Crippen LogP contribution in [0.3, 0.4) is 0 Å². The standard InChI is InChI=1S/C32H30ClF6NO4/c1-3-16(9-18-6-7-22(41)14-25(18)33)5-8-26-27-17(4-2)10-23-28(24(27)15-44-26)30(43)40(29(23)42)21-12-19(31(34,35)36)11-20(13-21)32(37,38)39/h6-7,9,11-14,23-24,26,28,41H,3-5,8,10,15H2,1-2H3/b16-9+/t23-,24+,26-,28-/m1/s1. The number of rotatable bonds is 7. The average molecular weight is 642 g/mol. The third kappa shape index (κ3) is 6.00. The van der Waals surface area contributed by atoms with E-state index in [0.717, 1.165) is 28.7 Å². The number of carbonyl (C=O) groups excluding carboxylic acids is 2. The fourth-order valence-electron chi connectivity index (χ4n) is 6.65. The summed E-state index contributed by atoms with van der Waals surface area (Å²) in [6.45, 7) is 4.01. The molecule has 2 fully saturated rings. The molecule has 1 N–H and O–H groups in total. The Hall–Kier alpha value is -3.31. The third-order valence-corrected chi connectivity index (χ3v) is 9.12. The van der Waals surface area contributed by atoms with Crippen molar-refractivity contribution in [1.82, 2.24) is 0 Å². The van der Waals surface area contributed by atoms with Crippen molar-refractivity contribution in [3.8, 4) is 5.75 Å². The molecule has 5 nitrogen and oxygen atoms in total. The molecule has 0 radical (unpaired) electrons. The van der Waals surface area contributed by atoms with E-state index in [2.05, 4.69) is 0 Å². The van der Waals surface area contributed by atoms with Crippen LogP contribution in [0.4, 0.5) is 32.0 Å². The molecular weight excluding hydrogens is 612 g/mol. The lowest BCUT2D eigenvalue weighted by Crippen LogP contribution is -2.34. The van der Waals surface area contributed by atoms with Gasteiger partial charge in [-0.05, 0) is 79.6 Å². The van der Waals surface area contributed by atoms with Crippen molar-refractivity contribution >= 4 is 35.2 Å². The maximum Gasteiger partial charge on any atom is 0.416 e. The minimum atomic E-state index is -5.12. The maximum atomic E-state index is 13.7. The van der Waals surface area contributed by atoms with Crippen LogP contribution < -0.4 is 4.90 Å². The zero-order chi connectivity index (χ0) is 32.1. The molecule has 0 spiro atoms. The second kappa shape index (κ2) is 11.9. The Morgan fingerprint density at radius 1 is 1.00 bits per heavy atom. The first kappa shape index (κ1) is 32.1. The highest BCUT2D eigenvalue weighted by Gasteiger charge is 2.57. The van der Waals surface area contributed by atoms with Crippen molar-refractivity contribution in [3.63, 3.8) is 0 Å². The molecule has 236 valence electrons. The number of hydrogen-bond donors (Lipinski definition) is 1. The molecule has 0 aromatic heterocycles. The number of aromatic hydroxyl groups is 1. The van der Waals surface area contributed by atoms with Crippen LogP contribution in [0, 0.1) is 17.8 Å². The molecule has 0 unspecified atom stereocenters. The Labute approximate surface area is 255 Å². The zero-order valence-corrected chi connectivity index (χ0v) is 24.6. The monoisotopic (exact) mass is 641 g/mol. The molecule has 3 aliphatic rings. The van der Waals surface area contributed by atoms with Crippen LogP contribution in [0.5, 0.6) is 5.75 Å². The van der Waals surface area contributed by atoms with E-state index in [1.807, 2.05) is 19.9 Å². The highest BCUT2D eigenvalue weighted by Crippen LogP contribution is 2.52. The second-order valence-corrected chi connectivity index (χ2v) is 11.8. The first-order valence-electron chi connectivity index (χ1n) is 14.3. The lowest BCUT2D eigenvalue weighted by Gasteiger charge is -2.31. The number of nitrogens with zero attached hydrogens (tertiary/aromatic N) is 1. The summed E-state index contributed by atoms with van der Waals surface area (Å²) in [7, 11) is 0. The van der Waals surface area contributed by atoms with Gasteiger partial charge in [0, 0.05) is 5.92 Å². The van der Waals surface area contributed by atoms with Gasteiger partial charge in [-0.15, -0.1) is 0 Å². The molecule has 2 aromatic carbocycles. The Kier molecular flexibility index (Phi) is 8.67. The van der Waals surface area contributed by atoms with Crippen molar-refractivity contribution in [3.05, 3.63) is 74.8 Å². The summed E-state index contributed by atoms with van der Waals surface area (Å²) in [6, 6.07) is 5.52. The van der Waals surface area contributed by atoms with E-state index in [4.69, 9.17) is 16.3 Å². The molecular formula is C32H30ClF6NO4. The average Bonchev–Trinajstić information content (AvgIpc) is 3.48. The largest absolute Gasteiger partial charge is 0.508 e. The van der Waals surface area contributed by atoms with Gasteiger partial charge < -0.3 is 9.84 Å². The minimum absolute atomic E-state index is 0.0273. The van der Waals surface area contributed by atoms with E-state index >= 15 is 0 Å². The number of halogens is 7. The van der Waals surface area contributed by atoms with Gasteiger partial charge in [0.05, 0.1) is 46.4 Å². The molecule has 5 rings (SSSR count). The van der Waals surface area contributed by atoms with Crippen LogP contribution in [0.25, 0.3) is 6.08 Å². The molecule has 2 saturated heterocycles. The molecule has 0 bridgehead atoms. The Balaban J connectivity index is 1.42. The number of anilines is 1. The predicted molar refractivity (Wildman–Crippen MR) is 152 cm³/mol. The third-order valence-electron chi connectivity index (χ3n) is 8.79. The van der Waals surface area contributed by atoms with Crippen molar-refractivity contribution in [2.75, 3.05) is 11.5 Å². The quantitative estimate of drug-likeness (QED) is 0.187. The lowest BCUT2D eigenvalue weighted by atomic mass is 9.69. The number of imide groups is 1. The summed E-state index contributed by atoms with van der Waals surface area (Å²) in [5.74, 6) is -3.92. The number of amides is 2. The predicted octanol–water partition coefficient (Wildman–Crippen LogP) is 8.59. The Morgan fingerprint density at radius 3 is 2.23 bits per heavy atom. The van der Waals surface area contributed by atoms with Gasteiger partial charge in [0.25, 0.3) is 0 Å². The lowest BCUT2D eigenvalue weighted by molar-refractivity contribution is -0.143. The number of phenols is 1. The van der Waals surface area contributed by atoms with Crippen molar-refractivity contribution in [2.45, 2.75) is 64.4 Å². The van der Waals surface area contributed by atoms with Gasteiger partial charge in [-0.1, -0.05) is 42.7 Å². The fraction of sp³-hybridized carbons (Fsp3) is 0.438. The van der Waals surface area contributed by atoms with Crippen LogP contribution in [0.1, 0.15) is 62.6 Å². The Bertz CT molecular complexity index is 1510. The molecule has 2 heterocycles. The summed E-state index contributed by atoms with van der Waals surface area (Å²) in [5.41, 5.74) is -0.288. The van der Waals surface area contributed by atoms with E-state index in [0.29, 0.717) is 41.3 Å². The number of carbonyl (C=O) groups is 2. The summed E-state index contributed by atoms with van der Waals surface area (Å²) < 4.78 is 87.4. The van der Waals surface area contributed by atoms with Crippen molar-refractivity contribution in [2.24, 2.45) is 17.8 Å². The topological polar surface area (TPSA) is 66.8 Å². The fourth-order valence-corrected chi connectivity index (χ4v) is 6.88. The number of hydrogen-bond acceptors (Lipinski definition) is 4. The molecule has 12 heteroatoms. The van der Waals surface area contributed by atoms with E-state index in [1.165, 1.54) is 6.07 Å². The van der Waals surface area contributed by atoms with Gasteiger partial charge >= 0.3 is 12.4 Å². The molecule has 2 aliphatic heterocycles. The SMILES string of the molecule is CCC1=C2[C@@H](CC/C(=C/c3ccc(O)cc3Cl)CC)OC[C@@H]2[C@@H]2C(=O)N(c3cc(C(F)(F)F)cc(C(F)(F)F)c3)C(=O)[C@@H]2C1. The number of benzene rings is 2. The van der Waals surface area contributed by atoms with Gasteiger partial charge in [-0.25, -0.2) is 4.90 Å². The van der Waals surface area contributed by atoms with Gasteiger partial charge in [0.1, 0.15) is 5.75 Å². The second-order valence-electron chi connectivity index (χ2n) is 11.4. The number of alkyl halides is 6. The van der Waals surface area contributed by atoms with Crippen LogP contribution in [0.15, 0.2) is 53.1 Å². The summed E-state index contributed by atoms with van der Waals surface area (Å²) >= 11 is 6.27. The van der Waals surface area contributed by atoms with Crippen molar-refractivity contribution < 1.29 is 45.8 Å². The first-order chi connectivity index (χ1) is 20.6. The highest BCUT2D eigenvalue weighted by molar-refractivity contribution is 6.32. The van der Waals surface area contributed by atoms with Crippen LogP contribution in [0.2, 0.25) is 5.02 Å². The summed E-state index contributed by atoms with van der Waals surface area (Å²) in [4.78, 5) is 27.7. The highest BCUT2D eigenvalue weighted by atomic mass is 35.5. The van der Waals surface area contributed by atoms with Gasteiger partial charge in [0.15, 0.2) is 0 Å². The number of ether oxygens (including phenoxy) is 1. The number of allylic oxidation sites excluding steroid dienone is 2. The zero-order valence-electron chi connectivity index (χ0n) is 23.9. The van der Waals surface area contributed by atoms with Gasteiger partial charge in [-0.3, -0.25) is 9.59 Å². The summed E-state index contributed by atoms with van der Waals surface area (Å²) in [6.07, 6.45) is -6.01. The molecule has 44 heavy (non-hydrogen) atoms. The number of fused-ring (bicyclic) bond motifs is 3. The van der Waals surface area contributed by atoms with Gasteiger partial charge in [-0.2, -0.15) is 26.3 Å². The Morgan fingerprint density at radius 2 is 1.66 bits per heavy atom. The van der Waals surface area contributed by atoms with Crippen LogP contribution >= 0.6 is 11.6 Å². The van der Waals surface area contributed by atoms with E-state index in [-0.39, 0.29) is 30.9 Å². The van der Waals surface area contributed by atoms with Gasteiger partial charge in [0.2, 0.25) is 11.8 Å². The summed E-state index contributed by atoms with van der Waals surface area (Å²) in [5, 5.41) is 10.0. The first-order valence-corrected chi connectivity index (χ1v) is 14.7.